The van der Waals surface area contributed by atoms with Gasteiger partial charge in [0.1, 0.15) is 5.82 Å². The molecule has 1 heterocycles. The number of anilines is 1. The lowest BCUT2D eigenvalue weighted by Gasteiger charge is -2.22. The Kier molecular flexibility index (Phi) is 6.36. The summed E-state index contributed by atoms with van der Waals surface area (Å²) in [5.74, 6) is 0.924. The second-order valence-corrected chi connectivity index (χ2v) is 8.49. The molecule has 1 aromatic heterocycles. The van der Waals surface area contributed by atoms with Gasteiger partial charge in [-0.05, 0) is 19.0 Å². The van der Waals surface area contributed by atoms with Crippen LogP contribution in [-0.2, 0) is 6.16 Å². The number of rotatable bonds is 5. The molecule has 0 fully saturated rings. The second kappa shape index (κ2) is 7.11. The van der Waals surface area contributed by atoms with Crippen molar-refractivity contribution in [3.05, 3.63) is 21.8 Å². The summed E-state index contributed by atoms with van der Waals surface area (Å²) < 4.78 is 0. The molecule has 0 saturated heterocycles. The molecule has 0 aromatic carbocycles. The van der Waals surface area contributed by atoms with E-state index < -0.39 is 0 Å². The quantitative estimate of drug-likeness (QED) is 0.692. The van der Waals surface area contributed by atoms with Gasteiger partial charge in [-0.15, -0.1) is 8.58 Å². The van der Waals surface area contributed by atoms with Crippen LogP contribution in [0.25, 0.3) is 0 Å². The van der Waals surface area contributed by atoms with Gasteiger partial charge < -0.3 is 4.90 Å². The number of halogens is 2. The Balaban J connectivity index is 3.03. The van der Waals surface area contributed by atoms with E-state index in [0.29, 0.717) is 15.2 Å². The summed E-state index contributed by atoms with van der Waals surface area (Å²) in [5.41, 5.74) is 0.921. The van der Waals surface area contributed by atoms with Crippen molar-refractivity contribution in [1.29, 1.82) is 0 Å². The van der Waals surface area contributed by atoms with Crippen LogP contribution < -0.4 is 4.90 Å². The van der Waals surface area contributed by atoms with Crippen LogP contribution in [0.5, 0.6) is 0 Å². The summed E-state index contributed by atoms with van der Waals surface area (Å²) in [6.07, 6.45) is 0.886. The number of hydrogen-bond donors (Lipinski definition) is 0. The van der Waals surface area contributed by atoms with Gasteiger partial charge in [-0.2, -0.15) is 0 Å². The fourth-order valence-corrected chi connectivity index (χ4v) is 3.15. The predicted octanol–water partition coefficient (Wildman–Crippen LogP) is 5.21. The number of nitrogens with zero attached hydrogens (tertiary/aromatic N) is 2. The van der Waals surface area contributed by atoms with E-state index in [1.165, 1.54) is 0 Å². The van der Waals surface area contributed by atoms with Gasteiger partial charge >= 0.3 is 0 Å². The van der Waals surface area contributed by atoms with Crippen molar-refractivity contribution in [3.63, 3.8) is 0 Å². The summed E-state index contributed by atoms with van der Waals surface area (Å²) >= 11 is 12.5. The minimum Gasteiger partial charge on any atom is -0.357 e. The zero-order valence-electron chi connectivity index (χ0n) is 12.3. The molecule has 1 aromatic rings. The van der Waals surface area contributed by atoms with Gasteiger partial charge in [-0.25, -0.2) is 4.98 Å². The Morgan fingerprint density at radius 3 is 2.26 bits per heavy atom. The fraction of sp³-hybridized carbons (Fsp3) is 0.643. The fourth-order valence-electron chi connectivity index (χ4n) is 1.71. The standard InChI is InChI=1S/C14H23Cl2N2P/c1-6-18(7-2)12-8-10(15)13(16)11(17-12)9-19-14(3,4)5/h8,19H,6-7,9H2,1-5H3. The molecule has 0 radical (unpaired) electrons. The molecule has 108 valence electrons. The van der Waals surface area contributed by atoms with Crippen molar-refractivity contribution in [1.82, 2.24) is 4.98 Å². The highest BCUT2D eigenvalue weighted by Gasteiger charge is 2.16. The molecule has 1 rings (SSSR count). The van der Waals surface area contributed by atoms with Gasteiger partial charge in [-0.3, -0.25) is 0 Å². The Hall–Kier alpha value is -0.0400. The van der Waals surface area contributed by atoms with E-state index in [1.807, 2.05) is 6.07 Å². The van der Waals surface area contributed by atoms with Crippen LogP contribution in [0.3, 0.4) is 0 Å². The summed E-state index contributed by atoms with van der Waals surface area (Å²) in [7, 11) is 0.779. The van der Waals surface area contributed by atoms with Crippen molar-refractivity contribution >= 4 is 37.6 Å². The van der Waals surface area contributed by atoms with Gasteiger partial charge in [0.15, 0.2) is 0 Å². The Morgan fingerprint density at radius 1 is 1.21 bits per heavy atom. The largest absolute Gasteiger partial charge is 0.357 e. The third-order valence-corrected chi connectivity index (χ3v) is 5.23. The molecule has 1 unspecified atom stereocenters. The van der Waals surface area contributed by atoms with E-state index in [0.717, 1.165) is 39.3 Å². The molecule has 5 heteroatoms. The molecule has 0 aliphatic heterocycles. The third kappa shape index (κ3) is 5.10. The SMILES string of the molecule is CCN(CC)c1cc(Cl)c(Cl)c(CPC(C)(C)C)n1. The lowest BCUT2D eigenvalue weighted by molar-refractivity contribution is 0.790. The van der Waals surface area contributed by atoms with E-state index >= 15 is 0 Å². The predicted molar refractivity (Wildman–Crippen MR) is 89.6 cm³/mol. The first-order chi connectivity index (χ1) is 8.78. The Labute approximate surface area is 128 Å². The molecule has 0 aliphatic carbocycles. The van der Waals surface area contributed by atoms with Gasteiger partial charge in [0, 0.05) is 25.3 Å². The second-order valence-electron chi connectivity index (χ2n) is 5.50. The number of hydrogen-bond acceptors (Lipinski definition) is 2. The summed E-state index contributed by atoms with van der Waals surface area (Å²) in [4.78, 5) is 6.88. The monoisotopic (exact) mass is 320 g/mol. The van der Waals surface area contributed by atoms with Crippen LogP contribution in [0.2, 0.25) is 10.0 Å². The van der Waals surface area contributed by atoms with Crippen LogP contribution in [0, 0.1) is 0 Å². The first-order valence-corrected chi connectivity index (χ1v) is 8.59. The smallest absolute Gasteiger partial charge is 0.130 e. The van der Waals surface area contributed by atoms with Crippen LogP contribution in [-0.4, -0.2) is 23.2 Å². The minimum absolute atomic E-state index is 0.294. The highest BCUT2D eigenvalue weighted by molar-refractivity contribution is 7.39. The zero-order valence-corrected chi connectivity index (χ0v) is 14.9. The first-order valence-electron chi connectivity index (χ1n) is 6.63. The first kappa shape index (κ1) is 17.0. The van der Waals surface area contributed by atoms with Crippen molar-refractivity contribution in [2.45, 2.75) is 45.9 Å². The van der Waals surface area contributed by atoms with E-state index in [2.05, 4.69) is 39.5 Å². The van der Waals surface area contributed by atoms with Gasteiger partial charge in [0.05, 0.1) is 15.7 Å². The molecular formula is C14H23Cl2N2P. The van der Waals surface area contributed by atoms with Crippen LogP contribution in [0.1, 0.15) is 40.3 Å². The lowest BCUT2D eigenvalue weighted by atomic mass is 10.3. The van der Waals surface area contributed by atoms with Crippen LogP contribution >= 0.6 is 31.8 Å². The zero-order chi connectivity index (χ0) is 14.6. The normalized spacial score (nSPS) is 12.4. The molecule has 2 nitrogen and oxygen atoms in total. The summed E-state index contributed by atoms with van der Waals surface area (Å²) in [5, 5.41) is 1.50. The van der Waals surface area contributed by atoms with Crippen molar-refractivity contribution < 1.29 is 0 Å². The average molecular weight is 321 g/mol. The number of pyridine rings is 1. The average Bonchev–Trinajstić information content (AvgIpc) is 2.32. The van der Waals surface area contributed by atoms with Gasteiger partial charge in [0.2, 0.25) is 0 Å². The maximum Gasteiger partial charge on any atom is 0.130 e. The Bertz CT molecular complexity index is 426. The maximum atomic E-state index is 6.28. The maximum absolute atomic E-state index is 6.28. The van der Waals surface area contributed by atoms with Crippen LogP contribution in [0.4, 0.5) is 5.82 Å². The molecule has 0 amide bonds. The van der Waals surface area contributed by atoms with E-state index in [4.69, 9.17) is 28.2 Å². The topological polar surface area (TPSA) is 16.1 Å². The summed E-state index contributed by atoms with van der Waals surface area (Å²) in [6.45, 7) is 12.8. The summed E-state index contributed by atoms with van der Waals surface area (Å²) in [6, 6.07) is 1.86. The molecular weight excluding hydrogens is 298 g/mol. The van der Waals surface area contributed by atoms with E-state index in [9.17, 15) is 0 Å². The Morgan fingerprint density at radius 2 is 1.79 bits per heavy atom. The molecule has 0 bridgehead atoms. The van der Waals surface area contributed by atoms with Crippen molar-refractivity contribution in [3.8, 4) is 0 Å². The molecule has 0 saturated carbocycles. The molecule has 0 N–H and O–H groups in total. The van der Waals surface area contributed by atoms with E-state index in [1.54, 1.807) is 0 Å². The molecule has 1 atom stereocenters. The van der Waals surface area contributed by atoms with Gasteiger partial charge in [0.25, 0.3) is 0 Å². The van der Waals surface area contributed by atoms with E-state index in [-0.39, 0.29) is 0 Å². The lowest BCUT2D eigenvalue weighted by Crippen LogP contribution is -2.23. The highest BCUT2D eigenvalue weighted by atomic mass is 35.5. The minimum atomic E-state index is 0.294. The molecule has 0 spiro atoms. The van der Waals surface area contributed by atoms with Crippen molar-refractivity contribution in [2.24, 2.45) is 0 Å². The van der Waals surface area contributed by atoms with Gasteiger partial charge in [-0.1, -0.05) is 44.0 Å². The third-order valence-electron chi connectivity index (χ3n) is 2.84. The van der Waals surface area contributed by atoms with Crippen molar-refractivity contribution in [2.75, 3.05) is 18.0 Å². The molecule has 0 aliphatic rings. The van der Waals surface area contributed by atoms with Crippen LogP contribution in [0.15, 0.2) is 6.07 Å². The highest BCUT2D eigenvalue weighted by Crippen LogP contribution is 2.38. The number of aromatic nitrogens is 1. The molecule has 19 heavy (non-hydrogen) atoms.